The minimum Gasteiger partial charge on any atom is -0.308 e. The molecule has 2 heterocycles. The van der Waals surface area contributed by atoms with Crippen LogP contribution in [0.2, 0.25) is 0 Å². The summed E-state index contributed by atoms with van der Waals surface area (Å²) in [7, 11) is 0. The van der Waals surface area contributed by atoms with Crippen LogP contribution in [0.25, 0.3) is 61.0 Å². The fourth-order valence-electron chi connectivity index (χ4n) is 6.99. The highest BCUT2D eigenvalue weighted by atomic mass is 15.2. The Kier molecular flexibility index (Phi) is 7.11. The van der Waals surface area contributed by atoms with Gasteiger partial charge in [-0.15, -0.1) is 0 Å². The average molecular weight is 640 g/mol. The van der Waals surface area contributed by atoms with Gasteiger partial charge >= 0.3 is 0 Å². The largest absolute Gasteiger partial charge is 0.308 e. The zero-order chi connectivity index (χ0) is 33.4. The molecular formula is C45H29N5. The van der Waals surface area contributed by atoms with Crippen molar-refractivity contribution in [1.29, 1.82) is 5.26 Å². The van der Waals surface area contributed by atoms with Crippen LogP contribution >= 0.6 is 0 Å². The predicted molar refractivity (Wildman–Crippen MR) is 204 cm³/mol. The maximum Gasteiger partial charge on any atom is 0.160 e. The van der Waals surface area contributed by atoms with Crippen LogP contribution in [0.1, 0.15) is 5.56 Å². The Morgan fingerprint density at radius 3 is 1.86 bits per heavy atom. The molecule has 2 aromatic heterocycles. The predicted octanol–water partition coefficient (Wildman–Crippen LogP) is 11.4. The van der Waals surface area contributed by atoms with Gasteiger partial charge in [-0.1, -0.05) is 121 Å². The Bertz CT molecular complexity index is 2670. The van der Waals surface area contributed by atoms with Crippen molar-refractivity contribution in [3.63, 3.8) is 0 Å². The van der Waals surface area contributed by atoms with E-state index in [-0.39, 0.29) is 0 Å². The molecule has 0 N–H and O–H groups in total. The number of fused-ring (bicyclic) bond motifs is 4. The maximum atomic E-state index is 10.8. The lowest BCUT2D eigenvalue weighted by molar-refractivity contribution is 1.15. The monoisotopic (exact) mass is 639 g/mol. The number of benzene rings is 7. The van der Waals surface area contributed by atoms with Gasteiger partial charge in [-0.05, 0) is 54.6 Å². The van der Waals surface area contributed by atoms with Gasteiger partial charge in [0.1, 0.15) is 6.07 Å². The molecule has 50 heavy (non-hydrogen) atoms. The Morgan fingerprint density at radius 2 is 1.14 bits per heavy atom. The molecule has 9 aromatic rings. The third-order valence-electron chi connectivity index (χ3n) is 9.21. The molecule has 0 unspecified atom stereocenters. The normalized spacial score (nSPS) is 11.2. The first-order valence-electron chi connectivity index (χ1n) is 16.6. The molecule has 0 amide bonds. The smallest absolute Gasteiger partial charge is 0.160 e. The minimum atomic E-state index is 0.551. The van der Waals surface area contributed by atoms with Crippen LogP contribution in [-0.4, -0.2) is 14.5 Å². The molecule has 0 aliphatic carbocycles. The molecule has 0 bridgehead atoms. The Labute approximate surface area is 289 Å². The van der Waals surface area contributed by atoms with Gasteiger partial charge in [-0.2, -0.15) is 5.26 Å². The van der Waals surface area contributed by atoms with Gasteiger partial charge in [-0.3, -0.25) is 0 Å². The van der Waals surface area contributed by atoms with Crippen molar-refractivity contribution in [3.05, 3.63) is 181 Å². The first kappa shape index (κ1) is 29.1. The second-order valence-electron chi connectivity index (χ2n) is 12.2. The van der Waals surface area contributed by atoms with Crippen molar-refractivity contribution >= 4 is 49.8 Å². The third-order valence-corrected chi connectivity index (χ3v) is 9.21. The van der Waals surface area contributed by atoms with Crippen molar-refractivity contribution in [2.24, 2.45) is 0 Å². The molecule has 0 radical (unpaired) electrons. The molecule has 5 heteroatoms. The second kappa shape index (κ2) is 12.2. The Hall–Kier alpha value is -7.03. The quantitative estimate of drug-likeness (QED) is 0.182. The topological polar surface area (TPSA) is 57.7 Å². The van der Waals surface area contributed by atoms with E-state index in [9.17, 15) is 5.26 Å². The van der Waals surface area contributed by atoms with E-state index in [0.29, 0.717) is 11.4 Å². The molecule has 234 valence electrons. The van der Waals surface area contributed by atoms with Crippen molar-refractivity contribution in [2.45, 2.75) is 0 Å². The molecule has 0 spiro atoms. The zero-order valence-electron chi connectivity index (χ0n) is 27.0. The van der Waals surface area contributed by atoms with Gasteiger partial charge in [0.05, 0.1) is 39.2 Å². The number of para-hydroxylation sites is 5. The van der Waals surface area contributed by atoms with Gasteiger partial charge in [0.25, 0.3) is 0 Å². The molecule has 0 aliphatic rings. The van der Waals surface area contributed by atoms with Gasteiger partial charge in [0, 0.05) is 38.7 Å². The molecule has 0 fully saturated rings. The summed E-state index contributed by atoms with van der Waals surface area (Å²) in [5, 5.41) is 14.0. The molecule has 0 saturated heterocycles. The standard InChI is InChI=1S/C45H29N5/c46-30-33-29-32(43-38-22-10-12-24-39(38)47-45(48-43)31-15-4-1-5-16-31)27-28-40(33)50-41-25-13-11-21-36(41)37-23-14-26-42(44(37)50)49(34-17-6-2-7-18-34)35-19-8-3-9-20-35/h1-29H. The van der Waals surface area contributed by atoms with Gasteiger partial charge in [0.15, 0.2) is 5.82 Å². The lowest BCUT2D eigenvalue weighted by atomic mass is 10.0. The number of hydrogen-bond acceptors (Lipinski definition) is 4. The maximum absolute atomic E-state index is 10.8. The van der Waals surface area contributed by atoms with Crippen molar-refractivity contribution in [2.75, 3.05) is 4.90 Å². The lowest BCUT2D eigenvalue weighted by Gasteiger charge is -2.27. The highest BCUT2D eigenvalue weighted by Crippen LogP contribution is 2.44. The number of aromatic nitrogens is 3. The highest BCUT2D eigenvalue weighted by molar-refractivity contribution is 6.14. The SMILES string of the molecule is N#Cc1cc(-c2nc(-c3ccccc3)nc3ccccc23)ccc1-n1c2ccccc2c2cccc(N(c3ccccc3)c3ccccc3)c21. The number of hydrogen-bond donors (Lipinski definition) is 0. The van der Waals surface area contributed by atoms with Crippen LogP contribution in [0.15, 0.2) is 176 Å². The van der Waals surface area contributed by atoms with E-state index in [1.165, 1.54) is 0 Å². The van der Waals surface area contributed by atoms with Crippen LogP contribution in [0, 0.1) is 11.3 Å². The molecule has 5 nitrogen and oxygen atoms in total. The van der Waals surface area contributed by atoms with E-state index in [1.54, 1.807) is 0 Å². The zero-order valence-corrected chi connectivity index (χ0v) is 27.0. The van der Waals surface area contributed by atoms with E-state index in [1.807, 2.05) is 72.8 Å². The fourth-order valence-corrected chi connectivity index (χ4v) is 6.99. The first-order valence-corrected chi connectivity index (χ1v) is 16.6. The van der Waals surface area contributed by atoms with Crippen molar-refractivity contribution in [1.82, 2.24) is 14.5 Å². The average Bonchev–Trinajstić information content (AvgIpc) is 3.53. The van der Waals surface area contributed by atoms with E-state index in [0.717, 1.165) is 72.3 Å². The molecule has 0 atom stereocenters. The summed E-state index contributed by atoms with van der Waals surface area (Å²) in [4.78, 5) is 12.3. The number of nitriles is 1. The van der Waals surface area contributed by atoms with Gasteiger partial charge < -0.3 is 9.47 Å². The van der Waals surface area contributed by atoms with E-state index in [4.69, 9.17) is 9.97 Å². The van der Waals surface area contributed by atoms with Crippen LogP contribution < -0.4 is 4.90 Å². The second-order valence-corrected chi connectivity index (χ2v) is 12.2. The number of anilines is 3. The molecule has 7 aromatic carbocycles. The van der Waals surface area contributed by atoms with Crippen LogP contribution in [0.4, 0.5) is 17.1 Å². The minimum absolute atomic E-state index is 0.551. The Balaban J connectivity index is 1.30. The first-order chi connectivity index (χ1) is 24.8. The summed E-state index contributed by atoms with van der Waals surface area (Å²) in [6, 6.07) is 62.4. The van der Waals surface area contributed by atoms with Gasteiger partial charge in [-0.25, -0.2) is 9.97 Å². The fraction of sp³-hybridized carbons (Fsp3) is 0. The molecule has 9 rings (SSSR count). The highest BCUT2D eigenvalue weighted by Gasteiger charge is 2.23. The van der Waals surface area contributed by atoms with Crippen molar-refractivity contribution < 1.29 is 0 Å². The Morgan fingerprint density at radius 1 is 0.520 bits per heavy atom. The summed E-state index contributed by atoms with van der Waals surface area (Å²) in [5.41, 5.74) is 9.95. The van der Waals surface area contributed by atoms with Gasteiger partial charge in [0.2, 0.25) is 0 Å². The molecular weight excluding hydrogens is 611 g/mol. The summed E-state index contributed by atoms with van der Waals surface area (Å²) in [6.07, 6.45) is 0. The van der Waals surface area contributed by atoms with E-state index in [2.05, 4.69) is 119 Å². The third kappa shape index (κ3) is 4.87. The van der Waals surface area contributed by atoms with Crippen LogP contribution in [0.3, 0.4) is 0 Å². The summed E-state index contributed by atoms with van der Waals surface area (Å²) in [6.45, 7) is 0. The summed E-state index contributed by atoms with van der Waals surface area (Å²) >= 11 is 0. The molecule has 0 aliphatic heterocycles. The van der Waals surface area contributed by atoms with Crippen molar-refractivity contribution in [3.8, 4) is 34.4 Å². The summed E-state index contributed by atoms with van der Waals surface area (Å²) in [5.74, 6) is 0.649. The molecule has 0 saturated carbocycles. The summed E-state index contributed by atoms with van der Waals surface area (Å²) < 4.78 is 2.24. The van der Waals surface area contributed by atoms with Crippen LogP contribution in [0.5, 0.6) is 0 Å². The van der Waals surface area contributed by atoms with Crippen LogP contribution in [-0.2, 0) is 0 Å². The number of nitrogens with zero attached hydrogens (tertiary/aromatic N) is 5. The lowest BCUT2D eigenvalue weighted by Crippen LogP contribution is -2.11. The number of rotatable bonds is 6. The van der Waals surface area contributed by atoms with E-state index >= 15 is 0 Å². The van der Waals surface area contributed by atoms with E-state index < -0.39 is 0 Å².